The molecule has 5 rings (SSSR count). The minimum Gasteiger partial charge on any atom is -0.347 e. The molecule has 1 heterocycles. The minimum absolute atomic E-state index is 0.0703. The van der Waals surface area contributed by atoms with Gasteiger partial charge in [0, 0.05) is 12.7 Å². The third-order valence-corrected chi connectivity index (χ3v) is 8.45. The molecule has 4 aromatic carbocycles. The number of hydrogen-bond acceptors (Lipinski definition) is 3. The molecule has 41 heavy (non-hydrogen) atoms. The summed E-state index contributed by atoms with van der Waals surface area (Å²) in [6.45, 7) is 0.137. The molecule has 209 valence electrons. The van der Waals surface area contributed by atoms with E-state index in [1.165, 1.54) is 12.1 Å². The molecular weight excluding hydrogens is 533 g/mol. The highest BCUT2D eigenvalue weighted by Crippen LogP contribution is 2.43. The second-order valence-electron chi connectivity index (χ2n) is 10.00. The Morgan fingerprint density at radius 1 is 0.780 bits per heavy atom. The molecular formula is C34H33FN3O2S. The summed E-state index contributed by atoms with van der Waals surface area (Å²) in [6, 6.07) is 37.0. The first-order valence-corrected chi connectivity index (χ1v) is 15.4. The van der Waals surface area contributed by atoms with Gasteiger partial charge in [-0.25, -0.2) is 22.5 Å². The maximum absolute atomic E-state index is 13.1. The van der Waals surface area contributed by atoms with Crippen molar-refractivity contribution in [3.05, 3.63) is 167 Å². The standard InChI is InChI=1S/C34H33FN3O2S/c35-31-22-20-27(21-23-31)25-37-41(39,40)24-12-4-11-19-32-26-36-33(38-32)34(28-13-5-1-6-14-28,29-15-7-2-8-16-29)30-17-9-3-10-18-30/h1-3,5-10,12-18,20-23,26,37H,4,11,19,24-25H2,(H,36,38). The predicted octanol–water partition coefficient (Wildman–Crippen LogP) is 6.58. The Morgan fingerprint density at radius 3 is 1.85 bits per heavy atom. The molecule has 0 aliphatic heterocycles. The maximum atomic E-state index is 13.1. The van der Waals surface area contributed by atoms with E-state index in [1.807, 2.05) is 24.4 Å². The number of aromatic amines is 1. The lowest BCUT2D eigenvalue weighted by Gasteiger charge is -2.34. The van der Waals surface area contributed by atoms with Gasteiger partial charge in [0.15, 0.2) is 0 Å². The van der Waals surface area contributed by atoms with Crippen LogP contribution in [0.15, 0.2) is 121 Å². The molecule has 5 aromatic rings. The quantitative estimate of drug-likeness (QED) is 0.125. The van der Waals surface area contributed by atoms with Crippen LogP contribution >= 0.6 is 0 Å². The lowest BCUT2D eigenvalue weighted by atomic mass is 9.69. The number of rotatable bonds is 13. The Morgan fingerprint density at radius 2 is 1.32 bits per heavy atom. The van der Waals surface area contributed by atoms with Crippen LogP contribution in [0.3, 0.4) is 0 Å². The van der Waals surface area contributed by atoms with E-state index in [0.29, 0.717) is 18.4 Å². The average molecular weight is 567 g/mol. The van der Waals surface area contributed by atoms with E-state index in [1.54, 1.807) is 18.6 Å². The number of benzene rings is 4. The lowest BCUT2D eigenvalue weighted by molar-refractivity contribution is 0.582. The lowest BCUT2D eigenvalue weighted by Crippen LogP contribution is -2.32. The van der Waals surface area contributed by atoms with Crippen LogP contribution < -0.4 is 4.72 Å². The average Bonchev–Trinajstić information content (AvgIpc) is 3.48. The van der Waals surface area contributed by atoms with Crippen molar-refractivity contribution in [2.45, 2.75) is 31.2 Å². The van der Waals surface area contributed by atoms with Crippen LogP contribution in [-0.2, 0) is 28.4 Å². The van der Waals surface area contributed by atoms with Crippen molar-refractivity contribution in [2.24, 2.45) is 0 Å². The summed E-state index contributed by atoms with van der Waals surface area (Å²) in [5.41, 5.74) is 4.36. The molecule has 7 heteroatoms. The van der Waals surface area contributed by atoms with Crippen LogP contribution in [-0.4, -0.2) is 24.1 Å². The van der Waals surface area contributed by atoms with Crippen molar-refractivity contribution >= 4 is 10.0 Å². The molecule has 0 spiro atoms. The molecule has 0 saturated heterocycles. The SMILES string of the molecule is O=S(=O)(C[CH]CCCc1c[nH]c(C(c2ccccc2)(c2ccccc2)c2ccccc2)n1)NCc1ccc(F)cc1. The molecule has 0 amide bonds. The summed E-state index contributed by atoms with van der Waals surface area (Å²) < 4.78 is 40.4. The topological polar surface area (TPSA) is 74.8 Å². The van der Waals surface area contributed by atoms with Gasteiger partial charge < -0.3 is 4.98 Å². The third kappa shape index (κ3) is 6.81. The fourth-order valence-corrected chi connectivity index (χ4v) is 6.16. The number of halogens is 1. The zero-order chi connectivity index (χ0) is 28.5. The predicted molar refractivity (Wildman–Crippen MR) is 161 cm³/mol. The fourth-order valence-electron chi connectivity index (χ4n) is 5.18. The summed E-state index contributed by atoms with van der Waals surface area (Å²) in [6.07, 6.45) is 5.86. The van der Waals surface area contributed by atoms with Gasteiger partial charge in [-0.1, -0.05) is 103 Å². The van der Waals surface area contributed by atoms with Gasteiger partial charge in [0.05, 0.1) is 11.4 Å². The van der Waals surface area contributed by atoms with Gasteiger partial charge in [-0.15, -0.1) is 0 Å². The normalized spacial score (nSPS) is 11.9. The summed E-state index contributed by atoms with van der Waals surface area (Å²) in [5.74, 6) is 0.423. The molecule has 0 aliphatic carbocycles. The van der Waals surface area contributed by atoms with Gasteiger partial charge in [-0.3, -0.25) is 0 Å². The number of sulfonamides is 1. The number of nitrogens with one attached hydrogen (secondary N) is 2. The number of H-pyrrole nitrogens is 1. The first-order chi connectivity index (χ1) is 20.0. The number of aryl methyl sites for hydroxylation is 1. The van der Waals surface area contributed by atoms with Gasteiger partial charge in [0.1, 0.15) is 17.1 Å². The second kappa shape index (κ2) is 13.1. The molecule has 0 saturated carbocycles. The van der Waals surface area contributed by atoms with E-state index in [-0.39, 0.29) is 18.1 Å². The van der Waals surface area contributed by atoms with Crippen LogP contribution in [0.2, 0.25) is 0 Å². The van der Waals surface area contributed by atoms with Crippen molar-refractivity contribution in [3.63, 3.8) is 0 Å². The number of hydrogen-bond donors (Lipinski definition) is 2. The van der Waals surface area contributed by atoms with Crippen LogP contribution in [0.1, 0.15) is 46.6 Å². The van der Waals surface area contributed by atoms with Crippen LogP contribution in [0.25, 0.3) is 0 Å². The molecule has 2 N–H and O–H groups in total. The Balaban J connectivity index is 1.27. The van der Waals surface area contributed by atoms with Gasteiger partial charge in [-0.05, 0) is 60.1 Å². The van der Waals surface area contributed by atoms with E-state index in [9.17, 15) is 12.8 Å². The smallest absolute Gasteiger partial charge is 0.212 e. The number of unbranched alkanes of at least 4 members (excludes halogenated alkanes) is 2. The van der Waals surface area contributed by atoms with Crippen molar-refractivity contribution in [1.82, 2.24) is 14.7 Å². The molecule has 0 aliphatic rings. The second-order valence-corrected chi connectivity index (χ2v) is 11.8. The van der Waals surface area contributed by atoms with Crippen LogP contribution in [0.4, 0.5) is 4.39 Å². The Kier molecular flexibility index (Phi) is 9.07. The molecule has 0 fully saturated rings. The van der Waals surface area contributed by atoms with Gasteiger partial charge in [0.25, 0.3) is 0 Å². The maximum Gasteiger partial charge on any atom is 0.212 e. The molecule has 0 atom stereocenters. The minimum atomic E-state index is -3.46. The highest BCUT2D eigenvalue weighted by atomic mass is 32.2. The Hall–Kier alpha value is -4.07. The van der Waals surface area contributed by atoms with Crippen molar-refractivity contribution in [2.75, 3.05) is 5.75 Å². The zero-order valence-corrected chi connectivity index (χ0v) is 23.5. The summed E-state index contributed by atoms with van der Waals surface area (Å²) in [5, 5.41) is 0. The molecule has 1 aromatic heterocycles. The van der Waals surface area contributed by atoms with E-state index < -0.39 is 15.4 Å². The Bertz CT molecular complexity index is 1530. The van der Waals surface area contributed by atoms with Crippen molar-refractivity contribution < 1.29 is 12.8 Å². The van der Waals surface area contributed by atoms with Crippen molar-refractivity contribution in [1.29, 1.82) is 0 Å². The van der Waals surface area contributed by atoms with Gasteiger partial charge in [0.2, 0.25) is 10.0 Å². The number of imidazole rings is 1. The summed E-state index contributed by atoms with van der Waals surface area (Å²) in [7, 11) is -3.46. The van der Waals surface area contributed by atoms with E-state index in [0.717, 1.165) is 34.6 Å². The first-order valence-electron chi connectivity index (χ1n) is 13.7. The first kappa shape index (κ1) is 28.5. The summed E-state index contributed by atoms with van der Waals surface area (Å²) >= 11 is 0. The van der Waals surface area contributed by atoms with Crippen LogP contribution in [0.5, 0.6) is 0 Å². The fraction of sp³-hybridized carbons (Fsp3) is 0.176. The number of aromatic nitrogens is 2. The molecule has 5 nitrogen and oxygen atoms in total. The zero-order valence-electron chi connectivity index (χ0n) is 22.7. The largest absolute Gasteiger partial charge is 0.347 e. The molecule has 0 unspecified atom stereocenters. The van der Waals surface area contributed by atoms with E-state index in [4.69, 9.17) is 4.98 Å². The monoisotopic (exact) mass is 566 g/mol. The van der Waals surface area contributed by atoms with E-state index in [2.05, 4.69) is 82.5 Å². The summed E-state index contributed by atoms with van der Waals surface area (Å²) in [4.78, 5) is 8.59. The van der Waals surface area contributed by atoms with Gasteiger partial charge >= 0.3 is 0 Å². The third-order valence-electron chi connectivity index (χ3n) is 7.19. The van der Waals surface area contributed by atoms with Gasteiger partial charge in [-0.2, -0.15) is 0 Å². The van der Waals surface area contributed by atoms with Crippen LogP contribution in [0, 0.1) is 12.2 Å². The van der Waals surface area contributed by atoms with E-state index >= 15 is 0 Å². The number of nitrogens with zero attached hydrogens (tertiary/aromatic N) is 1. The highest BCUT2D eigenvalue weighted by Gasteiger charge is 2.40. The molecule has 0 bridgehead atoms. The van der Waals surface area contributed by atoms with Crippen molar-refractivity contribution in [3.8, 4) is 0 Å². The highest BCUT2D eigenvalue weighted by molar-refractivity contribution is 7.89. The Labute approximate surface area is 241 Å². The molecule has 1 radical (unpaired) electrons.